The molecular weight excluding hydrogens is 243 g/mol. The zero-order valence-electron chi connectivity index (χ0n) is 9.92. The van der Waals surface area contributed by atoms with Crippen molar-refractivity contribution in [1.29, 1.82) is 0 Å². The van der Waals surface area contributed by atoms with Crippen molar-refractivity contribution >= 4 is 5.78 Å². The Morgan fingerprint density at radius 2 is 1.83 bits per heavy atom. The maximum atomic E-state index is 12.4. The molecule has 1 heterocycles. The Morgan fingerprint density at radius 1 is 1.22 bits per heavy atom. The molecule has 1 aromatic rings. The quantitative estimate of drug-likeness (QED) is 0.825. The summed E-state index contributed by atoms with van der Waals surface area (Å²) in [6.07, 6.45) is -4.36. The molecule has 1 aromatic carbocycles. The summed E-state index contributed by atoms with van der Waals surface area (Å²) >= 11 is 0. The van der Waals surface area contributed by atoms with Crippen molar-refractivity contribution < 1.29 is 18.0 Å². The van der Waals surface area contributed by atoms with E-state index < -0.39 is 11.7 Å². The molecule has 0 bridgehead atoms. The van der Waals surface area contributed by atoms with E-state index in [2.05, 4.69) is 5.32 Å². The van der Waals surface area contributed by atoms with E-state index in [1.54, 1.807) is 0 Å². The lowest BCUT2D eigenvalue weighted by Crippen LogP contribution is -2.21. The fourth-order valence-corrected chi connectivity index (χ4v) is 2.20. The van der Waals surface area contributed by atoms with Crippen LogP contribution in [-0.4, -0.2) is 18.9 Å². The summed E-state index contributed by atoms with van der Waals surface area (Å²) in [5.41, 5.74) is -0.375. The number of Topliss-reactive ketones (excluding diaryl/α,β-unsaturated/α-hetero) is 1. The molecule has 1 saturated heterocycles. The smallest absolute Gasteiger partial charge is 0.316 e. The lowest BCUT2D eigenvalue weighted by molar-refractivity contribution is -0.137. The summed E-state index contributed by atoms with van der Waals surface area (Å²) in [5.74, 6) is 0.00255. The highest BCUT2D eigenvalue weighted by molar-refractivity contribution is 5.98. The van der Waals surface area contributed by atoms with Gasteiger partial charge >= 0.3 is 6.18 Å². The second-order valence-electron chi connectivity index (χ2n) is 4.68. The van der Waals surface area contributed by atoms with Crippen molar-refractivity contribution in [3.63, 3.8) is 0 Å². The molecule has 0 spiro atoms. The van der Waals surface area contributed by atoms with Crippen LogP contribution < -0.4 is 5.32 Å². The van der Waals surface area contributed by atoms with Gasteiger partial charge in [-0.1, -0.05) is 19.1 Å². The average molecular weight is 257 g/mol. The maximum Gasteiger partial charge on any atom is 0.416 e. The normalized spacial score (nSPS) is 24.2. The van der Waals surface area contributed by atoms with Gasteiger partial charge in [0.05, 0.1) is 5.56 Å². The Hall–Kier alpha value is -1.36. The van der Waals surface area contributed by atoms with E-state index in [1.807, 2.05) is 6.92 Å². The minimum Gasteiger partial charge on any atom is -0.316 e. The first-order chi connectivity index (χ1) is 8.39. The van der Waals surface area contributed by atoms with Gasteiger partial charge in [-0.05, 0) is 24.6 Å². The van der Waals surface area contributed by atoms with E-state index in [4.69, 9.17) is 0 Å². The molecular formula is C13H14F3NO. The van der Waals surface area contributed by atoms with Crippen LogP contribution in [0.4, 0.5) is 13.2 Å². The molecule has 1 fully saturated rings. The minimum atomic E-state index is -4.36. The highest BCUT2D eigenvalue weighted by Gasteiger charge is 2.32. The summed E-state index contributed by atoms with van der Waals surface area (Å²) in [6.45, 7) is 3.34. The standard InChI is InChI=1S/C13H14F3NO/c1-8-6-17-7-11(8)12(18)9-2-4-10(5-3-9)13(14,15)16/h2-5,8,11,17H,6-7H2,1H3. The van der Waals surface area contributed by atoms with Gasteiger partial charge in [-0.15, -0.1) is 0 Å². The predicted octanol–water partition coefficient (Wildman–Crippen LogP) is 2.74. The SMILES string of the molecule is CC1CNCC1C(=O)c1ccc(C(F)(F)F)cc1. The van der Waals surface area contributed by atoms with E-state index in [1.165, 1.54) is 12.1 Å². The lowest BCUT2D eigenvalue weighted by atomic mass is 9.89. The molecule has 18 heavy (non-hydrogen) atoms. The summed E-state index contributed by atoms with van der Waals surface area (Å²) in [6, 6.07) is 4.44. The van der Waals surface area contributed by atoms with Crippen LogP contribution in [0.3, 0.4) is 0 Å². The largest absolute Gasteiger partial charge is 0.416 e. The average Bonchev–Trinajstić information content (AvgIpc) is 2.73. The molecule has 5 heteroatoms. The fourth-order valence-electron chi connectivity index (χ4n) is 2.20. The topological polar surface area (TPSA) is 29.1 Å². The fraction of sp³-hybridized carbons (Fsp3) is 0.462. The van der Waals surface area contributed by atoms with E-state index >= 15 is 0 Å². The molecule has 1 aliphatic rings. The van der Waals surface area contributed by atoms with Crippen molar-refractivity contribution in [2.75, 3.05) is 13.1 Å². The van der Waals surface area contributed by atoms with Gasteiger partial charge in [-0.25, -0.2) is 0 Å². The minimum absolute atomic E-state index is 0.0822. The van der Waals surface area contributed by atoms with Crippen molar-refractivity contribution in [3.05, 3.63) is 35.4 Å². The van der Waals surface area contributed by atoms with E-state index in [-0.39, 0.29) is 17.6 Å². The third-order valence-electron chi connectivity index (χ3n) is 3.35. The van der Waals surface area contributed by atoms with Crippen LogP contribution in [0.1, 0.15) is 22.8 Å². The Bertz CT molecular complexity index is 439. The summed E-state index contributed by atoms with van der Waals surface area (Å²) < 4.78 is 37.2. The molecule has 0 amide bonds. The number of hydrogen-bond donors (Lipinski definition) is 1. The summed E-state index contributed by atoms with van der Waals surface area (Å²) in [5, 5.41) is 3.11. The number of hydrogen-bond acceptors (Lipinski definition) is 2. The maximum absolute atomic E-state index is 12.4. The number of benzene rings is 1. The molecule has 0 radical (unpaired) electrons. The first-order valence-electron chi connectivity index (χ1n) is 5.82. The molecule has 2 nitrogen and oxygen atoms in total. The molecule has 98 valence electrons. The Morgan fingerprint density at radius 3 is 2.28 bits per heavy atom. The molecule has 2 atom stereocenters. The van der Waals surface area contributed by atoms with Gasteiger partial charge in [0.15, 0.2) is 5.78 Å². The van der Waals surface area contributed by atoms with Crippen LogP contribution in [0.2, 0.25) is 0 Å². The number of ketones is 1. The molecule has 2 rings (SSSR count). The first kappa shape index (κ1) is 13.1. The third-order valence-corrected chi connectivity index (χ3v) is 3.35. The van der Waals surface area contributed by atoms with Gasteiger partial charge in [0.2, 0.25) is 0 Å². The molecule has 2 unspecified atom stereocenters. The van der Waals surface area contributed by atoms with Crippen molar-refractivity contribution in [2.45, 2.75) is 13.1 Å². The van der Waals surface area contributed by atoms with Crippen molar-refractivity contribution in [3.8, 4) is 0 Å². The predicted molar refractivity (Wildman–Crippen MR) is 61.3 cm³/mol. The number of nitrogens with one attached hydrogen (secondary N) is 1. The van der Waals surface area contributed by atoms with Crippen LogP contribution in [-0.2, 0) is 6.18 Å². The molecule has 0 aromatic heterocycles. The first-order valence-corrected chi connectivity index (χ1v) is 5.82. The van der Waals surface area contributed by atoms with Gasteiger partial charge in [-0.2, -0.15) is 13.2 Å². The molecule has 1 N–H and O–H groups in total. The zero-order valence-corrected chi connectivity index (χ0v) is 9.92. The van der Waals surface area contributed by atoms with Crippen LogP contribution in [0, 0.1) is 11.8 Å². The molecule has 1 aliphatic heterocycles. The van der Waals surface area contributed by atoms with Gasteiger partial charge < -0.3 is 5.32 Å². The zero-order chi connectivity index (χ0) is 13.3. The lowest BCUT2D eigenvalue weighted by Gasteiger charge is -2.13. The van der Waals surface area contributed by atoms with Crippen LogP contribution in [0.25, 0.3) is 0 Å². The Kier molecular flexibility index (Phi) is 3.43. The number of carbonyl (C=O) groups excluding carboxylic acids is 1. The van der Waals surface area contributed by atoms with Crippen LogP contribution in [0.15, 0.2) is 24.3 Å². The second kappa shape index (κ2) is 4.72. The van der Waals surface area contributed by atoms with E-state index in [9.17, 15) is 18.0 Å². The van der Waals surface area contributed by atoms with E-state index in [0.29, 0.717) is 12.1 Å². The van der Waals surface area contributed by atoms with Gasteiger partial charge in [-0.3, -0.25) is 4.79 Å². The highest BCUT2D eigenvalue weighted by atomic mass is 19.4. The van der Waals surface area contributed by atoms with Crippen molar-refractivity contribution in [2.24, 2.45) is 11.8 Å². The van der Waals surface area contributed by atoms with E-state index in [0.717, 1.165) is 18.7 Å². The number of rotatable bonds is 2. The summed E-state index contributed by atoms with van der Waals surface area (Å²) in [4.78, 5) is 12.1. The number of halogens is 3. The Balaban J connectivity index is 2.17. The van der Waals surface area contributed by atoms with Crippen molar-refractivity contribution in [1.82, 2.24) is 5.32 Å². The highest BCUT2D eigenvalue weighted by Crippen LogP contribution is 2.30. The molecule has 0 saturated carbocycles. The molecule has 0 aliphatic carbocycles. The van der Waals surface area contributed by atoms with Gasteiger partial charge in [0, 0.05) is 18.0 Å². The van der Waals surface area contributed by atoms with Gasteiger partial charge in [0.1, 0.15) is 0 Å². The van der Waals surface area contributed by atoms with Crippen LogP contribution >= 0.6 is 0 Å². The van der Waals surface area contributed by atoms with Crippen LogP contribution in [0.5, 0.6) is 0 Å². The number of alkyl halides is 3. The Labute approximate surface area is 103 Å². The third kappa shape index (κ3) is 2.56. The number of carbonyl (C=O) groups is 1. The second-order valence-corrected chi connectivity index (χ2v) is 4.68. The monoisotopic (exact) mass is 257 g/mol. The summed E-state index contributed by atoms with van der Waals surface area (Å²) in [7, 11) is 0. The van der Waals surface area contributed by atoms with Gasteiger partial charge in [0.25, 0.3) is 0 Å².